The van der Waals surface area contributed by atoms with Crippen LogP contribution in [0.25, 0.3) is 0 Å². The van der Waals surface area contributed by atoms with Crippen molar-refractivity contribution in [3.8, 4) is 0 Å². The number of hydrogen-bond acceptors (Lipinski definition) is 5. The summed E-state index contributed by atoms with van der Waals surface area (Å²) in [5, 5.41) is 11.7. The molecule has 7 heteroatoms. The quantitative estimate of drug-likeness (QED) is 0.856. The zero-order valence-corrected chi connectivity index (χ0v) is 11.5. The number of carboxylic acid groups (broad SMARTS) is 1. The highest BCUT2D eigenvalue weighted by Gasteiger charge is 2.38. The Morgan fingerprint density at radius 1 is 1.19 bits per heavy atom. The Hall–Kier alpha value is -2.02. The van der Waals surface area contributed by atoms with Crippen LogP contribution in [-0.2, 0) is 4.74 Å². The maximum Gasteiger partial charge on any atom is 0.356 e. The fourth-order valence-corrected chi connectivity index (χ4v) is 3.15. The number of ether oxygens (including phenoxy) is 1. The number of hydrogen-bond donors (Lipinski definition) is 2. The second-order valence-electron chi connectivity index (χ2n) is 5.46. The molecule has 1 saturated heterocycles. The molecule has 1 saturated carbocycles. The molecule has 21 heavy (non-hydrogen) atoms. The first kappa shape index (κ1) is 13.9. The average molecular weight is 291 g/mol. The minimum absolute atomic E-state index is 0.0969. The van der Waals surface area contributed by atoms with E-state index in [9.17, 15) is 9.59 Å². The summed E-state index contributed by atoms with van der Waals surface area (Å²) in [5.41, 5.74) is -0.0329. The molecule has 3 unspecified atom stereocenters. The third kappa shape index (κ3) is 2.87. The predicted octanol–water partition coefficient (Wildman–Crippen LogP) is 0.862. The van der Waals surface area contributed by atoms with Gasteiger partial charge in [-0.2, -0.15) is 0 Å². The van der Waals surface area contributed by atoms with E-state index in [2.05, 4.69) is 15.3 Å². The monoisotopic (exact) mass is 291 g/mol. The highest BCUT2D eigenvalue weighted by atomic mass is 16.5. The fourth-order valence-electron chi connectivity index (χ4n) is 3.15. The van der Waals surface area contributed by atoms with E-state index in [1.54, 1.807) is 0 Å². The molecule has 3 rings (SSSR count). The number of amides is 1. The number of aromatic carboxylic acids is 1. The molecule has 1 aromatic heterocycles. The van der Waals surface area contributed by atoms with Crippen LogP contribution in [0.2, 0.25) is 0 Å². The van der Waals surface area contributed by atoms with Crippen LogP contribution in [-0.4, -0.2) is 45.7 Å². The summed E-state index contributed by atoms with van der Waals surface area (Å²) in [7, 11) is 0. The standard InChI is InChI=1S/C14H17N3O4/c18-13(10-6-16-11(7-15-10)14(19)20)17-9-2-1-3-12-8(9)4-5-21-12/h6-9,12H,1-5H2,(H,17,18)(H,19,20). The summed E-state index contributed by atoms with van der Waals surface area (Å²) >= 11 is 0. The first-order valence-electron chi connectivity index (χ1n) is 7.13. The van der Waals surface area contributed by atoms with E-state index >= 15 is 0 Å². The van der Waals surface area contributed by atoms with Crippen molar-refractivity contribution in [2.45, 2.75) is 37.8 Å². The maximum absolute atomic E-state index is 12.2. The lowest BCUT2D eigenvalue weighted by Crippen LogP contribution is -2.45. The largest absolute Gasteiger partial charge is 0.476 e. The van der Waals surface area contributed by atoms with Gasteiger partial charge in [0.15, 0.2) is 5.69 Å². The van der Waals surface area contributed by atoms with E-state index in [-0.39, 0.29) is 29.4 Å². The molecule has 3 atom stereocenters. The number of fused-ring (bicyclic) bond motifs is 1. The zero-order chi connectivity index (χ0) is 14.8. The number of nitrogens with zero attached hydrogens (tertiary/aromatic N) is 2. The number of nitrogens with one attached hydrogen (secondary N) is 1. The lowest BCUT2D eigenvalue weighted by Gasteiger charge is -2.33. The normalized spacial score (nSPS) is 27.9. The van der Waals surface area contributed by atoms with Gasteiger partial charge < -0.3 is 15.2 Å². The van der Waals surface area contributed by atoms with Gasteiger partial charge in [-0.15, -0.1) is 0 Å². The van der Waals surface area contributed by atoms with Crippen LogP contribution in [0, 0.1) is 5.92 Å². The van der Waals surface area contributed by atoms with E-state index in [0.29, 0.717) is 5.92 Å². The van der Waals surface area contributed by atoms with Gasteiger partial charge in [0.25, 0.3) is 5.91 Å². The van der Waals surface area contributed by atoms with Crippen LogP contribution in [0.5, 0.6) is 0 Å². The van der Waals surface area contributed by atoms with E-state index in [1.807, 2.05) is 0 Å². The lowest BCUT2D eigenvalue weighted by molar-refractivity contribution is 0.0508. The molecule has 2 aliphatic rings. The van der Waals surface area contributed by atoms with Crippen LogP contribution < -0.4 is 5.32 Å². The SMILES string of the molecule is O=C(O)c1cnc(C(=O)NC2CCCC3OCCC23)cn1. The van der Waals surface area contributed by atoms with Crippen molar-refractivity contribution in [1.29, 1.82) is 0 Å². The molecule has 2 heterocycles. The van der Waals surface area contributed by atoms with Crippen molar-refractivity contribution in [3.63, 3.8) is 0 Å². The topological polar surface area (TPSA) is 101 Å². The number of rotatable bonds is 3. The first-order chi connectivity index (χ1) is 10.1. The molecular weight excluding hydrogens is 274 g/mol. The molecule has 0 aromatic carbocycles. The van der Waals surface area contributed by atoms with Crippen LogP contribution in [0.15, 0.2) is 12.4 Å². The third-order valence-electron chi connectivity index (χ3n) is 4.20. The Morgan fingerprint density at radius 2 is 1.95 bits per heavy atom. The van der Waals surface area contributed by atoms with Gasteiger partial charge in [0, 0.05) is 18.6 Å². The third-order valence-corrected chi connectivity index (χ3v) is 4.20. The minimum Gasteiger partial charge on any atom is -0.476 e. The Kier molecular flexibility index (Phi) is 3.83. The molecule has 0 radical (unpaired) electrons. The van der Waals surface area contributed by atoms with E-state index < -0.39 is 5.97 Å². The van der Waals surface area contributed by atoms with Gasteiger partial charge in [-0.05, 0) is 25.7 Å². The van der Waals surface area contributed by atoms with Crippen molar-refractivity contribution in [2.24, 2.45) is 5.92 Å². The second-order valence-corrected chi connectivity index (χ2v) is 5.46. The van der Waals surface area contributed by atoms with Gasteiger partial charge in [0.1, 0.15) is 5.69 Å². The molecule has 1 aliphatic carbocycles. The van der Waals surface area contributed by atoms with Crippen molar-refractivity contribution in [3.05, 3.63) is 23.8 Å². The van der Waals surface area contributed by atoms with Crippen LogP contribution >= 0.6 is 0 Å². The smallest absolute Gasteiger partial charge is 0.356 e. The van der Waals surface area contributed by atoms with Crippen LogP contribution in [0.1, 0.15) is 46.7 Å². The van der Waals surface area contributed by atoms with Crippen molar-refractivity contribution >= 4 is 11.9 Å². The molecule has 2 fully saturated rings. The summed E-state index contributed by atoms with van der Waals surface area (Å²) in [6, 6.07) is 0.0969. The maximum atomic E-state index is 12.2. The highest BCUT2D eigenvalue weighted by Crippen LogP contribution is 2.34. The summed E-state index contributed by atoms with van der Waals surface area (Å²) in [5.74, 6) is -1.10. The van der Waals surface area contributed by atoms with Gasteiger partial charge >= 0.3 is 5.97 Å². The van der Waals surface area contributed by atoms with Crippen molar-refractivity contribution < 1.29 is 19.4 Å². The fraction of sp³-hybridized carbons (Fsp3) is 0.571. The number of carboxylic acids is 1. The number of carbonyl (C=O) groups is 2. The molecule has 112 valence electrons. The molecule has 1 aliphatic heterocycles. The van der Waals surface area contributed by atoms with Gasteiger partial charge in [-0.3, -0.25) is 4.79 Å². The molecule has 0 spiro atoms. The Balaban J connectivity index is 1.66. The van der Waals surface area contributed by atoms with Crippen molar-refractivity contribution in [2.75, 3.05) is 6.61 Å². The van der Waals surface area contributed by atoms with Crippen LogP contribution in [0.3, 0.4) is 0 Å². The summed E-state index contributed by atoms with van der Waals surface area (Å²) in [4.78, 5) is 30.5. The van der Waals surface area contributed by atoms with Gasteiger partial charge in [-0.1, -0.05) is 0 Å². The zero-order valence-electron chi connectivity index (χ0n) is 11.5. The Bertz CT molecular complexity index is 546. The molecule has 1 aromatic rings. The van der Waals surface area contributed by atoms with E-state index in [4.69, 9.17) is 9.84 Å². The summed E-state index contributed by atoms with van der Waals surface area (Å²) in [6.45, 7) is 0.759. The Morgan fingerprint density at radius 3 is 2.67 bits per heavy atom. The predicted molar refractivity (Wildman–Crippen MR) is 71.9 cm³/mol. The van der Waals surface area contributed by atoms with Crippen LogP contribution in [0.4, 0.5) is 0 Å². The minimum atomic E-state index is -1.16. The lowest BCUT2D eigenvalue weighted by atomic mass is 9.82. The number of carbonyl (C=O) groups excluding carboxylic acids is 1. The van der Waals surface area contributed by atoms with E-state index in [0.717, 1.165) is 38.5 Å². The summed E-state index contributed by atoms with van der Waals surface area (Å²) < 4.78 is 5.67. The van der Waals surface area contributed by atoms with Gasteiger partial charge in [-0.25, -0.2) is 14.8 Å². The molecule has 1 amide bonds. The average Bonchev–Trinajstić information content (AvgIpc) is 2.97. The molecular formula is C14H17N3O4. The molecule has 7 nitrogen and oxygen atoms in total. The first-order valence-corrected chi connectivity index (χ1v) is 7.13. The Labute approximate surface area is 121 Å². The number of aromatic nitrogens is 2. The summed E-state index contributed by atoms with van der Waals surface area (Å²) in [6.07, 6.45) is 6.56. The van der Waals surface area contributed by atoms with Gasteiger partial charge in [0.05, 0.1) is 18.5 Å². The van der Waals surface area contributed by atoms with Gasteiger partial charge in [0.2, 0.25) is 0 Å². The van der Waals surface area contributed by atoms with E-state index in [1.165, 1.54) is 6.20 Å². The molecule has 2 N–H and O–H groups in total. The van der Waals surface area contributed by atoms with Crippen molar-refractivity contribution in [1.82, 2.24) is 15.3 Å². The molecule has 0 bridgehead atoms. The highest BCUT2D eigenvalue weighted by molar-refractivity contribution is 5.92. The second kappa shape index (κ2) is 5.77.